The van der Waals surface area contributed by atoms with Gasteiger partial charge in [0.25, 0.3) is 5.91 Å². The lowest BCUT2D eigenvalue weighted by atomic mass is 10.1. The summed E-state index contributed by atoms with van der Waals surface area (Å²) in [6.45, 7) is 2.51. The third-order valence-electron chi connectivity index (χ3n) is 5.07. The van der Waals surface area contributed by atoms with E-state index in [1.54, 1.807) is 10.7 Å². The molecule has 1 N–H and O–H groups in total. The highest BCUT2D eigenvalue weighted by Gasteiger charge is 2.20. The number of rotatable bonds is 7. The Bertz CT molecular complexity index is 1390. The van der Waals surface area contributed by atoms with Gasteiger partial charge in [-0.3, -0.25) is 10.1 Å². The highest BCUT2D eigenvalue weighted by Crippen LogP contribution is 2.25. The first kappa shape index (κ1) is 21.1. The van der Waals surface area contributed by atoms with Crippen molar-refractivity contribution in [1.82, 2.24) is 20.0 Å². The van der Waals surface area contributed by atoms with Crippen LogP contribution in [-0.4, -0.2) is 32.5 Å². The van der Waals surface area contributed by atoms with E-state index in [1.807, 2.05) is 91.9 Å². The normalized spacial score (nSPS) is 10.7. The number of hydrogen-bond acceptors (Lipinski definition) is 6. The van der Waals surface area contributed by atoms with Crippen LogP contribution >= 0.6 is 0 Å². The molecule has 8 heteroatoms. The average Bonchev–Trinajstić information content (AvgIpc) is 3.54. The lowest BCUT2D eigenvalue weighted by molar-refractivity contribution is 0.101. The highest BCUT2D eigenvalue weighted by molar-refractivity contribution is 6.03. The van der Waals surface area contributed by atoms with Crippen LogP contribution in [0.1, 0.15) is 17.4 Å². The second-order valence-corrected chi connectivity index (χ2v) is 7.35. The Morgan fingerprint density at radius 1 is 0.912 bits per heavy atom. The van der Waals surface area contributed by atoms with Gasteiger partial charge in [0.15, 0.2) is 0 Å². The number of carbonyl (C=O) groups is 1. The fourth-order valence-corrected chi connectivity index (χ4v) is 3.47. The predicted octanol–water partition coefficient (Wildman–Crippen LogP) is 5.24. The van der Waals surface area contributed by atoms with E-state index < -0.39 is 5.91 Å². The molecule has 0 aliphatic heterocycles. The van der Waals surface area contributed by atoms with E-state index in [1.165, 1.54) is 0 Å². The Balaban J connectivity index is 1.42. The molecule has 34 heavy (non-hydrogen) atoms. The zero-order valence-corrected chi connectivity index (χ0v) is 18.4. The fraction of sp³-hybridized carbons (Fsp3) is 0.0769. The van der Waals surface area contributed by atoms with Gasteiger partial charge in [0.2, 0.25) is 5.89 Å². The van der Waals surface area contributed by atoms with Crippen LogP contribution in [0.2, 0.25) is 0 Å². The molecule has 3 aromatic carbocycles. The molecular weight excluding hydrogens is 430 g/mol. The monoisotopic (exact) mass is 451 g/mol. The minimum Gasteiger partial charge on any atom is -0.494 e. The summed E-state index contributed by atoms with van der Waals surface area (Å²) in [5.41, 5.74) is 3.40. The number of ether oxygens (including phenoxy) is 1. The standard InChI is InChI=1S/C26H21N5O3/c1-2-33-21-15-13-19(14-16-21)25-28-29-26(34-25)27-24(32)23-17-22(18-9-5-3-6-10-18)30-31(23)20-11-7-4-8-12-20/h3-17H,2H2,1H3,(H,27,29,32). The second-order valence-electron chi connectivity index (χ2n) is 7.35. The number of para-hydroxylation sites is 1. The molecule has 2 aromatic heterocycles. The number of carbonyl (C=O) groups excluding carboxylic acids is 1. The van der Waals surface area contributed by atoms with Crippen molar-refractivity contribution in [2.75, 3.05) is 11.9 Å². The quantitative estimate of drug-likeness (QED) is 0.364. The molecule has 0 fully saturated rings. The van der Waals surface area contributed by atoms with E-state index in [2.05, 4.69) is 20.6 Å². The Hall–Kier alpha value is -4.72. The van der Waals surface area contributed by atoms with Gasteiger partial charge in [0.05, 0.1) is 18.0 Å². The molecule has 5 rings (SSSR count). The van der Waals surface area contributed by atoms with Gasteiger partial charge in [0.1, 0.15) is 11.4 Å². The van der Waals surface area contributed by atoms with Crippen molar-refractivity contribution in [3.8, 4) is 34.1 Å². The highest BCUT2D eigenvalue weighted by atomic mass is 16.5. The minimum atomic E-state index is -0.416. The Labute approximate surface area is 195 Å². The van der Waals surface area contributed by atoms with Crippen LogP contribution in [0.15, 0.2) is 95.4 Å². The molecule has 0 saturated heterocycles. The van der Waals surface area contributed by atoms with E-state index in [4.69, 9.17) is 9.15 Å². The number of nitrogens with one attached hydrogen (secondary N) is 1. The van der Waals surface area contributed by atoms with Crippen LogP contribution < -0.4 is 10.1 Å². The predicted molar refractivity (Wildman–Crippen MR) is 128 cm³/mol. The van der Waals surface area contributed by atoms with Crippen molar-refractivity contribution in [3.05, 3.63) is 96.7 Å². The van der Waals surface area contributed by atoms with E-state index in [-0.39, 0.29) is 6.01 Å². The van der Waals surface area contributed by atoms with Gasteiger partial charge >= 0.3 is 6.01 Å². The molecule has 0 aliphatic rings. The van der Waals surface area contributed by atoms with Crippen LogP contribution in [-0.2, 0) is 0 Å². The first-order valence-corrected chi connectivity index (χ1v) is 10.8. The molecule has 2 heterocycles. The Kier molecular flexibility index (Phi) is 5.85. The minimum absolute atomic E-state index is 0.00374. The summed E-state index contributed by atoms with van der Waals surface area (Å²) < 4.78 is 12.7. The van der Waals surface area contributed by atoms with Gasteiger partial charge < -0.3 is 9.15 Å². The van der Waals surface area contributed by atoms with Gasteiger partial charge in [-0.2, -0.15) is 5.10 Å². The van der Waals surface area contributed by atoms with Crippen LogP contribution in [0.3, 0.4) is 0 Å². The lowest BCUT2D eigenvalue weighted by Crippen LogP contribution is -2.17. The molecule has 0 radical (unpaired) electrons. The van der Waals surface area contributed by atoms with E-state index in [0.717, 1.165) is 22.6 Å². The molecule has 0 aliphatic carbocycles. The maximum atomic E-state index is 13.2. The molecule has 168 valence electrons. The van der Waals surface area contributed by atoms with Crippen LogP contribution in [0.4, 0.5) is 6.01 Å². The summed E-state index contributed by atoms with van der Waals surface area (Å²) in [5, 5.41) is 15.4. The molecule has 0 saturated carbocycles. The van der Waals surface area contributed by atoms with E-state index in [9.17, 15) is 4.79 Å². The number of hydrogen-bond donors (Lipinski definition) is 1. The maximum Gasteiger partial charge on any atom is 0.322 e. The summed E-state index contributed by atoms with van der Waals surface area (Å²) >= 11 is 0. The third-order valence-corrected chi connectivity index (χ3v) is 5.07. The van der Waals surface area contributed by atoms with Gasteiger partial charge in [-0.25, -0.2) is 4.68 Å². The van der Waals surface area contributed by atoms with Crippen molar-refractivity contribution in [2.24, 2.45) is 0 Å². The van der Waals surface area contributed by atoms with Crippen LogP contribution in [0, 0.1) is 0 Å². The van der Waals surface area contributed by atoms with E-state index in [0.29, 0.717) is 23.9 Å². The lowest BCUT2D eigenvalue weighted by Gasteiger charge is -2.06. The number of anilines is 1. The third kappa shape index (κ3) is 4.42. The van der Waals surface area contributed by atoms with Gasteiger partial charge in [-0.15, -0.1) is 5.10 Å². The zero-order chi connectivity index (χ0) is 23.3. The summed E-state index contributed by atoms with van der Waals surface area (Å²) in [6, 6.07) is 28.2. The molecule has 8 nitrogen and oxygen atoms in total. The number of benzene rings is 3. The summed E-state index contributed by atoms with van der Waals surface area (Å²) in [5.74, 6) is 0.628. The van der Waals surface area contributed by atoms with E-state index >= 15 is 0 Å². The van der Waals surface area contributed by atoms with Crippen molar-refractivity contribution in [2.45, 2.75) is 6.92 Å². The molecule has 1 amide bonds. The molecule has 0 bridgehead atoms. The smallest absolute Gasteiger partial charge is 0.322 e. The summed E-state index contributed by atoms with van der Waals surface area (Å²) in [7, 11) is 0. The first-order valence-electron chi connectivity index (χ1n) is 10.8. The number of aromatic nitrogens is 4. The van der Waals surface area contributed by atoms with Crippen LogP contribution in [0.5, 0.6) is 5.75 Å². The van der Waals surface area contributed by atoms with Crippen molar-refractivity contribution in [3.63, 3.8) is 0 Å². The largest absolute Gasteiger partial charge is 0.494 e. The van der Waals surface area contributed by atoms with Crippen molar-refractivity contribution >= 4 is 11.9 Å². The molecule has 5 aromatic rings. The molecule has 0 unspecified atom stereocenters. The summed E-state index contributed by atoms with van der Waals surface area (Å²) in [4.78, 5) is 13.2. The Morgan fingerprint density at radius 2 is 1.62 bits per heavy atom. The second kappa shape index (κ2) is 9.41. The van der Waals surface area contributed by atoms with Gasteiger partial charge in [0, 0.05) is 11.1 Å². The topological polar surface area (TPSA) is 95.1 Å². The Morgan fingerprint density at radius 3 is 2.32 bits per heavy atom. The van der Waals surface area contributed by atoms with Gasteiger partial charge in [-0.1, -0.05) is 53.6 Å². The van der Waals surface area contributed by atoms with Crippen molar-refractivity contribution in [1.29, 1.82) is 0 Å². The molecule has 0 spiro atoms. The average molecular weight is 451 g/mol. The number of nitrogens with zero attached hydrogens (tertiary/aromatic N) is 4. The van der Waals surface area contributed by atoms with Crippen molar-refractivity contribution < 1.29 is 13.9 Å². The maximum absolute atomic E-state index is 13.2. The van der Waals surface area contributed by atoms with Gasteiger partial charge in [-0.05, 0) is 49.4 Å². The molecular formula is C26H21N5O3. The first-order chi connectivity index (χ1) is 16.7. The van der Waals surface area contributed by atoms with Crippen LogP contribution in [0.25, 0.3) is 28.4 Å². The number of amides is 1. The zero-order valence-electron chi connectivity index (χ0n) is 18.4. The summed E-state index contributed by atoms with van der Waals surface area (Å²) in [6.07, 6.45) is 0. The SMILES string of the molecule is CCOc1ccc(-c2nnc(NC(=O)c3cc(-c4ccccc4)nn3-c3ccccc3)o2)cc1. The fourth-order valence-electron chi connectivity index (χ4n) is 3.47. The molecule has 0 atom stereocenters.